The number of anilines is 1. The highest BCUT2D eigenvalue weighted by Crippen LogP contribution is 2.12. The number of hydrogen-bond acceptors (Lipinski definition) is 4. The van der Waals surface area contributed by atoms with Crippen molar-refractivity contribution in [3.63, 3.8) is 0 Å². The third-order valence-corrected chi connectivity index (χ3v) is 2.58. The molecule has 104 valence electrons. The highest BCUT2D eigenvalue weighted by Gasteiger charge is 2.12. The average molecular weight is 273 g/mol. The normalized spacial score (nSPS) is 10.1. The highest BCUT2D eigenvalue weighted by molar-refractivity contribution is 6.03. The second kappa shape index (κ2) is 6.01. The lowest BCUT2D eigenvalue weighted by Gasteiger charge is -2.06. The molecule has 6 nitrogen and oxygen atoms in total. The number of amides is 2. The van der Waals surface area contributed by atoms with Crippen LogP contribution in [0, 0.1) is 6.92 Å². The van der Waals surface area contributed by atoms with Gasteiger partial charge in [0.15, 0.2) is 5.69 Å². The number of carbonyl (C=O) groups is 2. The number of nitrogens with zero attached hydrogens (tertiary/aromatic N) is 1. The Bertz CT molecular complexity index is 634. The van der Waals surface area contributed by atoms with Gasteiger partial charge in [0.1, 0.15) is 5.76 Å². The predicted molar refractivity (Wildman–Crippen MR) is 73.6 cm³/mol. The van der Waals surface area contributed by atoms with E-state index < -0.39 is 0 Å². The van der Waals surface area contributed by atoms with Crippen LogP contribution in [-0.4, -0.2) is 23.5 Å². The second-order valence-electron chi connectivity index (χ2n) is 4.22. The summed E-state index contributed by atoms with van der Waals surface area (Å²) in [5.74, 6) is 0.00186. The molecule has 0 fully saturated rings. The smallest absolute Gasteiger partial charge is 0.277 e. The van der Waals surface area contributed by atoms with E-state index in [4.69, 9.17) is 4.52 Å². The molecule has 0 aliphatic rings. The third kappa shape index (κ3) is 3.23. The van der Waals surface area contributed by atoms with E-state index in [-0.39, 0.29) is 17.5 Å². The van der Waals surface area contributed by atoms with Crippen LogP contribution < -0.4 is 10.6 Å². The minimum absolute atomic E-state index is 0.180. The van der Waals surface area contributed by atoms with Crippen LogP contribution in [-0.2, 0) is 0 Å². The lowest BCUT2D eigenvalue weighted by Crippen LogP contribution is -2.22. The van der Waals surface area contributed by atoms with Crippen LogP contribution in [0.3, 0.4) is 0 Å². The van der Waals surface area contributed by atoms with Crippen LogP contribution in [0.15, 0.2) is 34.9 Å². The van der Waals surface area contributed by atoms with Crippen LogP contribution in [0.4, 0.5) is 5.69 Å². The maximum atomic E-state index is 11.9. The van der Waals surface area contributed by atoms with E-state index in [9.17, 15) is 9.59 Å². The number of hydrogen-bond donors (Lipinski definition) is 2. The van der Waals surface area contributed by atoms with Crippen LogP contribution in [0.2, 0.25) is 0 Å². The van der Waals surface area contributed by atoms with Crippen LogP contribution in [0.5, 0.6) is 0 Å². The first-order chi connectivity index (χ1) is 9.60. The second-order valence-corrected chi connectivity index (χ2v) is 4.22. The van der Waals surface area contributed by atoms with E-state index in [0.717, 1.165) is 0 Å². The van der Waals surface area contributed by atoms with Gasteiger partial charge >= 0.3 is 0 Å². The topological polar surface area (TPSA) is 84.2 Å². The number of aryl methyl sites for hydroxylation is 1. The molecule has 1 heterocycles. The van der Waals surface area contributed by atoms with Gasteiger partial charge in [-0.25, -0.2) is 0 Å². The molecule has 0 aliphatic carbocycles. The molecule has 2 rings (SSSR count). The van der Waals surface area contributed by atoms with Gasteiger partial charge in [0.05, 0.1) is 0 Å². The molecule has 2 aromatic rings. The molecule has 0 saturated carbocycles. The Morgan fingerprint density at radius 3 is 2.70 bits per heavy atom. The quantitative estimate of drug-likeness (QED) is 0.892. The van der Waals surface area contributed by atoms with E-state index in [1.54, 1.807) is 37.3 Å². The molecule has 0 saturated heterocycles. The molecule has 2 amide bonds. The maximum Gasteiger partial charge on any atom is 0.277 e. The van der Waals surface area contributed by atoms with Crippen LogP contribution in [0.1, 0.15) is 33.5 Å². The van der Waals surface area contributed by atoms with Gasteiger partial charge < -0.3 is 15.2 Å². The van der Waals surface area contributed by atoms with Gasteiger partial charge in [-0.15, -0.1) is 0 Å². The zero-order valence-corrected chi connectivity index (χ0v) is 11.3. The van der Waals surface area contributed by atoms with Gasteiger partial charge in [-0.1, -0.05) is 11.2 Å². The average Bonchev–Trinajstić information content (AvgIpc) is 2.86. The van der Waals surface area contributed by atoms with Gasteiger partial charge in [-0.2, -0.15) is 0 Å². The zero-order valence-electron chi connectivity index (χ0n) is 11.3. The molecule has 0 bridgehead atoms. The molecule has 2 N–H and O–H groups in total. The SMILES string of the molecule is CCNC(=O)c1cccc(NC(=O)c2cc(C)on2)c1. The van der Waals surface area contributed by atoms with Crippen molar-refractivity contribution in [2.24, 2.45) is 0 Å². The van der Waals surface area contributed by atoms with Crippen molar-refractivity contribution in [3.8, 4) is 0 Å². The first-order valence-electron chi connectivity index (χ1n) is 6.23. The van der Waals surface area contributed by atoms with E-state index in [1.165, 1.54) is 0 Å². The third-order valence-electron chi connectivity index (χ3n) is 2.58. The summed E-state index contributed by atoms with van der Waals surface area (Å²) >= 11 is 0. The number of benzene rings is 1. The molecular formula is C14H15N3O3. The predicted octanol–water partition coefficient (Wildman–Crippen LogP) is 1.99. The Labute approximate surface area is 116 Å². The first-order valence-corrected chi connectivity index (χ1v) is 6.23. The fraction of sp³-hybridized carbons (Fsp3) is 0.214. The summed E-state index contributed by atoms with van der Waals surface area (Å²) in [5.41, 5.74) is 1.21. The Kier molecular flexibility index (Phi) is 4.14. The van der Waals surface area contributed by atoms with Gasteiger partial charge in [0.25, 0.3) is 11.8 Å². The highest BCUT2D eigenvalue weighted by atomic mass is 16.5. The summed E-state index contributed by atoms with van der Waals surface area (Å²) < 4.78 is 4.84. The van der Waals surface area contributed by atoms with Gasteiger partial charge in [0.2, 0.25) is 0 Å². The standard InChI is InChI=1S/C14H15N3O3/c1-3-15-13(18)10-5-4-6-11(8-10)16-14(19)12-7-9(2)20-17-12/h4-8H,3H2,1-2H3,(H,15,18)(H,16,19). The lowest BCUT2D eigenvalue weighted by molar-refractivity contribution is 0.0954. The molecule has 0 spiro atoms. The number of carbonyl (C=O) groups excluding carboxylic acids is 2. The van der Waals surface area contributed by atoms with Crippen LogP contribution >= 0.6 is 0 Å². The molecule has 0 atom stereocenters. The van der Waals surface area contributed by atoms with Crippen molar-refractivity contribution in [1.29, 1.82) is 0 Å². The molecule has 20 heavy (non-hydrogen) atoms. The summed E-state index contributed by atoms with van der Waals surface area (Å²) in [5, 5.41) is 9.00. The van der Waals surface area contributed by atoms with Crippen LogP contribution in [0.25, 0.3) is 0 Å². The summed E-state index contributed by atoms with van der Waals surface area (Å²) in [6.07, 6.45) is 0. The molecule has 1 aromatic carbocycles. The number of rotatable bonds is 4. The summed E-state index contributed by atoms with van der Waals surface area (Å²) in [7, 11) is 0. The fourth-order valence-electron chi connectivity index (χ4n) is 1.67. The minimum Gasteiger partial charge on any atom is -0.361 e. The Hall–Kier alpha value is -2.63. The molecular weight excluding hydrogens is 258 g/mol. The van der Waals surface area contributed by atoms with E-state index >= 15 is 0 Å². The first kappa shape index (κ1) is 13.8. The molecule has 0 unspecified atom stereocenters. The zero-order chi connectivity index (χ0) is 14.5. The Morgan fingerprint density at radius 1 is 1.25 bits per heavy atom. The van der Waals surface area contributed by atoms with Crippen molar-refractivity contribution in [1.82, 2.24) is 10.5 Å². The van der Waals surface area contributed by atoms with Gasteiger partial charge in [0, 0.05) is 23.9 Å². The van der Waals surface area contributed by atoms with Crippen molar-refractivity contribution < 1.29 is 14.1 Å². The van der Waals surface area contributed by atoms with Crippen molar-refractivity contribution in [2.75, 3.05) is 11.9 Å². The summed E-state index contributed by atoms with van der Waals surface area (Å²) in [6, 6.07) is 8.24. The molecule has 1 aromatic heterocycles. The van der Waals surface area contributed by atoms with Crippen molar-refractivity contribution in [3.05, 3.63) is 47.3 Å². The Morgan fingerprint density at radius 2 is 2.05 bits per heavy atom. The van der Waals surface area contributed by atoms with E-state index in [2.05, 4.69) is 15.8 Å². The number of nitrogens with one attached hydrogen (secondary N) is 2. The van der Waals surface area contributed by atoms with Crippen molar-refractivity contribution in [2.45, 2.75) is 13.8 Å². The van der Waals surface area contributed by atoms with Gasteiger partial charge in [-0.05, 0) is 32.0 Å². The van der Waals surface area contributed by atoms with E-state index in [1.807, 2.05) is 6.92 Å². The fourth-order valence-corrected chi connectivity index (χ4v) is 1.67. The summed E-state index contributed by atoms with van der Waals surface area (Å²) in [4.78, 5) is 23.6. The largest absolute Gasteiger partial charge is 0.361 e. The molecule has 0 aliphatic heterocycles. The lowest BCUT2D eigenvalue weighted by atomic mass is 10.2. The Balaban J connectivity index is 2.12. The van der Waals surface area contributed by atoms with Gasteiger partial charge in [-0.3, -0.25) is 9.59 Å². The minimum atomic E-state index is -0.380. The monoisotopic (exact) mass is 273 g/mol. The van der Waals surface area contributed by atoms with Crippen molar-refractivity contribution >= 4 is 17.5 Å². The number of aromatic nitrogens is 1. The molecule has 6 heteroatoms. The molecule has 0 radical (unpaired) electrons. The maximum absolute atomic E-state index is 11.9. The summed E-state index contributed by atoms with van der Waals surface area (Å²) in [6.45, 7) is 4.10. The van der Waals surface area contributed by atoms with E-state index in [0.29, 0.717) is 23.6 Å².